The summed E-state index contributed by atoms with van der Waals surface area (Å²) < 4.78 is 8.06. The van der Waals surface area contributed by atoms with Gasteiger partial charge in [0.15, 0.2) is 0 Å². The second-order valence-corrected chi connectivity index (χ2v) is 5.90. The summed E-state index contributed by atoms with van der Waals surface area (Å²) in [6.07, 6.45) is -0.263. The molecule has 1 aliphatic heterocycles. The van der Waals surface area contributed by atoms with Crippen LogP contribution in [0.1, 0.15) is 26.5 Å². The fourth-order valence-electron chi connectivity index (χ4n) is 1.71. The highest BCUT2D eigenvalue weighted by molar-refractivity contribution is 9.10. The van der Waals surface area contributed by atoms with Crippen molar-refractivity contribution >= 4 is 22.0 Å². The first-order chi connectivity index (χ1) is 7.85. The van der Waals surface area contributed by atoms with E-state index in [1.165, 1.54) is 0 Å². The number of amides is 1. The molecule has 94 valence electrons. The number of aromatic nitrogens is 2. The average molecular weight is 302 g/mol. The second-order valence-electron chi connectivity index (χ2n) is 5.08. The maximum atomic E-state index is 11.9. The van der Waals surface area contributed by atoms with Gasteiger partial charge in [-0.25, -0.2) is 4.79 Å². The number of carbonyl (C=O) groups is 1. The van der Waals surface area contributed by atoms with Crippen LogP contribution in [0.3, 0.4) is 0 Å². The Labute approximate surface area is 109 Å². The van der Waals surface area contributed by atoms with Gasteiger partial charge in [-0.1, -0.05) is 0 Å². The fourth-order valence-corrected chi connectivity index (χ4v) is 2.17. The van der Waals surface area contributed by atoms with Crippen LogP contribution < -0.4 is 0 Å². The van der Waals surface area contributed by atoms with Gasteiger partial charge in [0.2, 0.25) is 0 Å². The van der Waals surface area contributed by atoms with Crippen LogP contribution in [0, 0.1) is 0 Å². The first-order valence-electron chi connectivity index (χ1n) is 5.55. The zero-order chi connectivity index (χ0) is 12.6. The topological polar surface area (TPSA) is 47.4 Å². The normalized spacial score (nSPS) is 15.6. The minimum atomic E-state index is -0.449. The quantitative estimate of drug-likeness (QED) is 0.739. The summed E-state index contributed by atoms with van der Waals surface area (Å²) in [7, 11) is 0. The molecule has 1 aromatic heterocycles. The van der Waals surface area contributed by atoms with Gasteiger partial charge in [-0.15, -0.1) is 0 Å². The molecule has 0 fully saturated rings. The smallest absolute Gasteiger partial charge is 0.410 e. The molecule has 0 saturated heterocycles. The molecule has 1 amide bonds. The van der Waals surface area contributed by atoms with Crippen molar-refractivity contribution in [3.8, 4) is 0 Å². The standard InChI is InChI=1S/C11H16BrN3O2/c1-11(2,3)17-10(16)14-4-5-15-8(7-14)6-9(12)13-15/h6H,4-5,7H2,1-3H3. The summed E-state index contributed by atoms with van der Waals surface area (Å²) >= 11 is 3.33. The van der Waals surface area contributed by atoms with Crippen LogP contribution in [-0.4, -0.2) is 32.9 Å². The van der Waals surface area contributed by atoms with Gasteiger partial charge >= 0.3 is 6.09 Å². The number of hydrogen-bond acceptors (Lipinski definition) is 3. The molecular weight excluding hydrogens is 286 g/mol. The number of rotatable bonds is 0. The third-order valence-corrected chi connectivity index (χ3v) is 2.81. The molecule has 0 bridgehead atoms. The molecule has 1 aliphatic rings. The van der Waals surface area contributed by atoms with E-state index >= 15 is 0 Å². The van der Waals surface area contributed by atoms with Crippen LogP contribution in [0.2, 0.25) is 0 Å². The van der Waals surface area contributed by atoms with Crippen molar-refractivity contribution in [3.63, 3.8) is 0 Å². The highest BCUT2D eigenvalue weighted by atomic mass is 79.9. The number of halogens is 1. The fraction of sp³-hybridized carbons (Fsp3) is 0.636. The second kappa shape index (κ2) is 4.33. The average Bonchev–Trinajstić information content (AvgIpc) is 2.53. The van der Waals surface area contributed by atoms with Gasteiger partial charge in [-0.3, -0.25) is 4.68 Å². The van der Waals surface area contributed by atoms with Gasteiger partial charge in [0.25, 0.3) is 0 Å². The van der Waals surface area contributed by atoms with E-state index in [0.717, 1.165) is 10.3 Å². The lowest BCUT2D eigenvalue weighted by molar-refractivity contribution is 0.0194. The van der Waals surface area contributed by atoms with E-state index < -0.39 is 5.60 Å². The van der Waals surface area contributed by atoms with E-state index in [4.69, 9.17) is 4.74 Å². The van der Waals surface area contributed by atoms with Crippen LogP contribution in [0.4, 0.5) is 4.79 Å². The van der Waals surface area contributed by atoms with Crippen molar-refractivity contribution in [3.05, 3.63) is 16.4 Å². The van der Waals surface area contributed by atoms with Crippen LogP contribution in [0.15, 0.2) is 10.7 Å². The van der Waals surface area contributed by atoms with Crippen LogP contribution in [-0.2, 0) is 17.8 Å². The van der Waals surface area contributed by atoms with Crippen LogP contribution >= 0.6 is 15.9 Å². The number of hydrogen-bond donors (Lipinski definition) is 0. The molecule has 0 aromatic carbocycles. The Kier molecular flexibility index (Phi) is 3.16. The highest BCUT2D eigenvalue weighted by Crippen LogP contribution is 2.19. The Morgan fingerprint density at radius 2 is 2.18 bits per heavy atom. The zero-order valence-electron chi connectivity index (χ0n) is 10.2. The lowest BCUT2D eigenvalue weighted by Gasteiger charge is -2.30. The SMILES string of the molecule is CC(C)(C)OC(=O)N1CCn2nc(Br)cc2C1. The lowest BCUT2D eigenvalue weighted by atomic mass is 10.2. The first kappa shape index (κ1) is 12.4. The molecule has 0 spiro atoms. The Balaban J connectivity index is 2.05. The zero-order valence-corrected chi connectivity index (χ0v) is 11.8. The number of ether oxygens (including phenoxy) is 1. The molecule has 6 heteroatoms. The van der Waals surface area contributed by atoms with Gasteiger partial charge in [0.05, 0.1) is 18.8 Å². The van der Waals surface area contributed by atoms with Crippen LogP contribution in [0.25, 0.3) is 0 Å². The van der Waals surface area contributed by atoms with E-state index in [9.17, 15) is 4.79 Å². The minimum absolute atomic E-state index is 0.263. The predicted octanol–water partition coefficient (Wildman–Crippen LogP) is 2.40. The molecule has 0 unspecified atom stereocenters. The molecule has 0 atom stereocenters. The Hall–Kier alpha value is -1.04. The molecule has 2 heterocycles. The number of fused-ring (bicyclic) bond motifs is 1. The maximum absolute atomic E-state index is 11.9. The third kappa shape index (κ3) is 3.00. The maximum Gasteiger partial charge on any atom is 0.410 e. The third-order valence-electron chi connectivity index (χ3n) is 2.42. The van der Waals surface area contributed by atoms with E-state index in [2.05, 4.69) is 21.0 Å². The molecular formula is C11H16BrN3O2. The summed E-state index contributed by atoms with van der Waals surface area (Å²) in [5.74, 6) is 0. The Morgan fingerprint density at radius 3 is 2.82 bits per heavy atom. The van der Waals surface area contributed by atoms with Gasteiger partial charge in [0.1, 0.15) is 10.2 Å². The van der Waals surface area contributed by atoms with Crippen molar-refractivity contribution < 1.29 is 9.53 Å². The van der Waals surface area contributed by atoms with Crippen molar-refractivity contribution in [2.75, 3.05) is 6.54 Å². The van der Waals surface area contributed by atoms with Crippen molar-refractivity contribution in [2.24, 2.45) is 0 Å². The number of carbonyl (C=O) groups excluding carboxylic acids is 1. The Bertz CT molecular complexity index is 436. The largest absolute Gasteiger partial charge is 0.444 e. The molecule has 0 N–H and O–H groups in total. The summed E-state index contributed by atoms with van der Waals surface area (Å²) in [5.41, 5.74) is 0.573. The summed E-state index contributed by atoms with van der Waals surface area (Å²) in [6, 6.07) is 1.93. The minimum Gasteiger partial charge on any atom is -0.444 e. The summed E-state index contributed by atoms with van der Waals surface area (Å²) in [6.45, 7) is 7.50. The monoisotopic (exact) mass is 301 g/mol. The molecule has 0 radical (unpaired) electrons. The lowest BCUT2D eigenvalue weighted by Crippen LogP contribution is -2.41. The highest BCUT2D eigenvalue weighted by Gasteiger charge is 2.26. The van der Waals surface area contributed by atoms with Gasteiger partial charge < -0.3 is 9.64 Å². The molecule has 1 aromatic rings. The predicted molar refractivity (Wildman–Crippen MR) is 66.6 cm³/mol. The van der Waals surface area contributed by atoms with E-state index in [1.807, 2.05) is 31.5 Å². The van der Waals surface area contributed by atoms with Crippen molar-refractivity contribution in [1.82, 2.24) is 14.7 Å². The van der Waals surface area contributed by atoms with E-state index in [-0.39, 0.29) is 6.09 Å². The van der Waals surface area contributed by atoms with Crippen molar-refractivity contribution in [1.29, 1.82) is 0 Å². The van der Waals surface area contributed by atoms with E-state index in [1.54, 1.807) is 4.90 Å². The molecule has 17 heavy (non-hydrogen) atoms. The molecule has 0 saturated carbocycles. The van der Waals surface area contributed by atoms with E-state index in [0.29, 0.717) is 19.6 Å². The first-order valence-corrected chi connectivity index (χ1v) is 6.34. The Morgan fingerprint density at radius 1 is 1.47 bits per heavy atom. The number of nitrogens with zero attached hydrogens (tertiary/aromatic N) is 3. The van der Waals surface area contributed by atoms with Crippen LogP contribution in [0.5, 0.6) is 0 Å². The van der Waals surface area contributed by atoms with Gasteiger partial charge in [0, 0.05) is 6.54 Å². The molecule has 0 aliphatic carbocycles. The molecule has 5 nitrogen and oxygen atoms in total. The summed E-state index contributed by atoms with van der Waals surface area (Å²) in [4.78, 5) is 13.6. The van der Waals surface area contributed by atoms with Crippen molar-refractivity contribution in [2.45, 2.75) is 39.5 Å². The summed E-state index contributed by atoms with van der Waals surface area (Å²) in [5, 5.41) is 4.27. The molecule has 2 rings (SSSR count). The van der Waals surface area contributed by atoms with Gasteiger partial charge in [-0.05, 0) is 42.8 Å². The van der Waals surface area contributed by atoms with Gasteiger partial charge in [-0.2, -0.15) is 5.10 Å².